The molecule has 0 spiro atoms. The summed E-state index contributed by atoms with van der Waals surface area (Å²) in [7, 11) is -6.99. The van der Waals surface area contributed by atoms with Gasteiger partial charge in [-0.1, -0.05) is 18.2 Å². The first kappa shape index (κ1) is 17.6. The largest absolute Gasteiger partial charge is 0.307 e. The molecule has 0 atom stereocenters. The van der Waals surface area contributed by atoms with Gasteiger partial charge in [0.2, 0.25) is 0 Å². The Balaban J connectivity index is 0.000000174. The van der Waals surface area contributed by atoms with Crippen molar-refractivity contribution in [1.29, 1.82) is 0 Å². The molecule has 1 aromatic carbocycles. The summed E-state index contributed by atoms with van der Waals surface area (Å²) in [6.07, 6.45) is 2.99. The minimum absolute atomic E-state index is 0.0278. The Morgan fingerprint density at radius 2 is 1.83 bits per heavy atom. The van der Waals surface area contributed by atoms with E-state index in [9.17, 15) is 16.8 Å². The lowest BCUT2D eigenvalue weighted by molar-refractivity contribution is 0.483. The van der Waals surface area contributed by atoms with Crippen LogP contribution in [-0.4, -0.2) is 37.4 Å². The summed E-state index contributed by atoms with van der Waals surface area (Å²) >= 11 is 0. The van der Waals surface area contributed by atoms with Crippen molar-refractivity contribution in [3.63, 3.8) is 0 Å². The molecule has 8 nitrogen and oxygen atoms in total. The first-order valence-corrected chi connectivity index (χ1v) is 10.1. The van der Waals surface area contributed by atoms with E-state index in [1.54, 1.807) is 24.4 Å². The minimum atomic E-state index is -4.00. The van der Waals surface area contributed by atoms with Crippen LogP contribution in [0.15, 0.2) is 41.4 Å². The normalized spacial score (nSPS) is 14.0. The fraction of sp³-hybridized carbons (Fsp3) is 0.308. The highest BCUT2D eigenvalue weighted by Gasteiger charge is 2.15. The van der Waals surface area contributed by atoms with Crippen molar-refractivity contribution < 1.29 is 21.4 Å². The van der Waals surface area contributed by atoms with Crippen LogP contribution in [0.1, 0.15) is 11.3 Å². The van der Waals surface area contributed by atoms with Gasteiger partial charge < -0.3 is 5.32 Å². The first-order chi connectivity index (χ1) is 10.6. The van der Waals surface area contributed by atoms with E-state index in [1.165, 1.54) is 23.1 Å². The van der Waals surface area contributed by atoms with E-state index in [1.807, 2.05) is 0 Å². The third kappa shape index (κ3) is 5.43. The van der Waals surface area contributed by atoms with Crippen molar-refractivity contribution in [3.05, 3.63) is 47.8 Å². The van der Waals surface area contributed by atoms with Gasteiger partial charge in [-0.15, -0.1) is 0 Å². The molecular weight excluding hydrogens is 342 g/mol. The van der Waals surface area contributed by atoms with E-state index >= 15 is 0 Å². The van der Waals surface area contributed by atoms with Crippen LogP contribution in [0.5, 0.6) is 0 Å². The van der Waals surface area contributed by atoms with Crippen molar-refractivity contribution >= 4 is 20.0 Å². The minimum Gasteiger partial charge on any atom is -0.307 e. The predicted molar refractivity (Wildman–Crippen MR) is 83.9 cm³/mol. The number of aromatic nitrogens is 2. The average molecular weight is 359 g/mol. The average Bonchev–Trinajstić information content (AvgIpc) is 2.98. The molecule has 1 aliphatic rings. The Morgan fingerprint density at radius 3 is 2.30 bits per heavy atom. The first-order valence-electron chi connectivity index (χ1n) is 6.61. The summed E-state index contributed by atoms with van der Waals surface area (Å²) in [5.74, 6) is -0.0278. The van der Waals surface area contributed by atoms with Gasteiger partial charge in [0.1, 0.15) is 5.88 Å². The molecule has 0 bridgehead atoms. The zero-order chi connectivity index (χ0) is 17.1. The van der Waals surface area contributed by atoms with Crippen LogP contribution in [0.2, 0.25) is 0 Å². The summed E-state index contributed by atoms with van der Waals surface area (Å²) in [4.78, 5) is -0.0741. The van der Waals surface area contributed by atoms with Gasteiger partial charge in [-0.05, 0) is 12.1 Å². The lowest BCUT2D eigenvalue weighted by Gasteiger charge is -1.98. The van der Waals surface area contributed by atoms with Crippen LogP contribution in [0, 0.1) is 0 Å². The standard InChI is InChI=1S/C7H11N3O2S.C6H6O3S/c1-13(11,12)5-10-4-6-2-8-3-7(6)9-10;7-10(8,9)6-4-2-1-3-5-6/h4,8H,2-3,5H2,1H3;1-5H,(H,7,8,9). The summed E-state index contributed by atoms with van der Waals surface area (Å²) in [5, 5.41) is 7.28. The number of fused-ring (bicyclic) bond motifs is 1. The summed E-state index contributed by atoms with van der Waals surface area (Å²) in [6.45, 7) is 1.53. The van der Waals surface area contributed by atoms with Gasteiger partial charge in [-0.25, -0.2) is 8.42 Å². The Labute approximate surface area is 134 Å². The van der Waals surface area contributed by atoms with Crippen molar-refractivity contribution in [2.45, 2.75) is 23.9 Å². The highest BCUT2D eigenvalue weighted by atomic mass is 32.2. The fourth-order valence-electron chi connectivity index (χ4n) is 2.01. The highest BCUT2D eigenvalue weighted by Crippen LogP contribution is 2.12. The summed E-state index contributed by atoms with van der Waals surface area (Å²) in [5.41, 5.74) is 2.06. The molecule has 0 amide bonds. The number of hydrogen-bond donors (Lipinski definition) is 2. The molecule has 2 N–H and O–H groups in total. The molecule has 0 saturated heterocycles. The molecule has 0 radical (unpaired) electrons. The highest BCUT2D eigenvalue weighted by molar-refractivity contribution is 7.89. The monoisotopic (exact) mass is 359 g/mol. The van der Waals surface area contributed by atoms with Gasteiger partial charge >= 0.3 is 0 Å². The summed E-state index contributed by atoms with van der Waals surface area (Å²) < 4.78 is 52.6. The molecule has 1 aliphatic heterocycles. The Bertz CT molecular complexity index is 852. The van der Waals surface area contributed by atoms with Crippen molar-refractivity contribution in [3.8, 4) is 0 Å². The van der Waals surface area contributed by atoms with E-state index in [2.05, 4.69) is 10.4 Å². The SMILES string of the molecule is CS(=O)(=O)Cn1cc2c(n1)CNC2.O=S(=O)(O)c1ccccc1. The predicted octanol–water partition coefficient (Wildman–Crippen LogP) is 0.422. The van der Waals surface area contributed by atoms with Gasteiger partial charge in [-0.3, -0.25) is 9.23 Å². The number of nitrogens with zero attached hydrogens (tertiary/aromatic N) is 2. The number of sulfone groups is 1. The van der Waals surface area contributed by atoms with Crippen molar-refractivity contribution in [1.82, 2.24) is 15.1 Å². The molecule has 2 aromatic rings. The molecule has 10 heteroatoms. The topological polar surface area (TPSA) is 118 Å². The van der Waals surface area contributed by atoms with Gasteiger partial charge in [0.05, 0.1) is 10.6 Å². The fourth-order valence-corrected chi connectivity index (χ4v) is 3.13. The van der Waals surface area contributed by atoms with Crippen LogP contribution in [0.25, 0.3) is 0 Å². The summed E-state index contributed by atoms with van der Waals surface area (Å²) in [6, 6.07) is 7.42. The third-order valence-electron chi connectivity index (χ3n) is 2.94. The van der Waals surface area contributed by atoms with Crippen LogP contribution in [0.3, 0.4) is 0 Å². The van der Waals surface area contributed by atoms with E-state index in [0.29, 0.717) is 0 Å². The van der Waals surface area contributed by atoms with E-state index < -0.39 is 20.0 Å². The zero-order valence-corrected chi connectivity index (χ0v) is 14.0. The van der Waals surface area contributed by atoms with Crippen molar-refractivity contribution in [2.75, 3.05) is 6.26 Å². The Morgan fingerprint density at radius 1 is 1.17 bits per heavy atom. The van der Waals surface area contributed by atoms with Crippen molar-refractivity contribution in [2.24, 2.45) is 0 Å². The Kier molecular flexibility index (Phi) is 5.19. The molecule has 23 heavy (non-hydrogen) atoms. The second kappa shape index (κ2) is 6.79. The second-order valence-electron chi connectivity index (χ2n) is 5.09. The molecule has 1 aromatic heterocycles. The Hall–Kier alpha value is -1.75. The third-order valence-corrected chi connectivity index (χ3v) is 4.54. The molecule has 0 fully saturated rings. The van der Waals surface area contributed by atoms with Gasteiger partial charge in [-0.2, -0.15) is 13.5 Å². The molecule has 2 heterocycles. The number of hydrogen-bond acceptors (Lipinski definition) is 6. The molecule has 0 unspecified atom stereocenters. The van der Waals surface area contributed by atoms with Gasteiger partial charge in [0.15, 0.2) is 9.84 Å². The zero-order valence-electron chi connectivity index (χ0n) is 12.4. The molecule has 126 valence electrons. The molecule has 3 rings (SSSR count). The maximum absolute atomic E-state index is 11.0. The molecular formula is C13H17N3O5S2. The number of nitrogens with one attached hydrogen (secondary N) is 1. The lowest BCUT2D eigenvalue weighted by atomic mass is 10.3. The van der Waals surface area contributed by atoms with Crippen LogP contribution < -0.4 is 5.32 Å². The number of rotatable bonds is 3. The maximum Gasteiger partial charge on any atom is 0.294 e. The van der Waals surface area contributed by atoms with E-state index in [0.717, 1.165) is 24.3 Å². The molecule has 0 saturated carbocycles. The quantitative estimate of drug-likeness (QED) is 0.763. The maximum atomic E-state index is 11.0. The second-order valence-corrected chi connectivity index (χ2v) is 8.62. The number of benzene rings is 1. The molecule has 0 aliphatic carbocycles. The van der Waals surface area contributed by atoms with E-state index in [4.69, 9.17) is 4.55 Å². The van der Waals surface area contributed by atoms with Crippen LogP contribution in [-0.2, 0) is 38.9 Å². The van der Waals surface area contributed by atoms with Gasteiger partial charge in [0.25, 0.3) is 10.1 Å². The van der Waals surface area contributed by atoms with Crippen LogP contribution >= 0.6 is 0 Å². The smallest absolute Gasteiger partial charge is 0.294 e. The van der Waals surface area contributed by atoms with E-state index in [-0.39, 0.29) is 10.8 Å². The van der Waals surface area contributed by atoms with Gasteiger partial charge in [0, 0.05) is 31.1 Å². The lowest BCUT2D eigenvalue weighted by Crippen LogP contribution is -2.11. The van der Waals surface area contributed by atoms with Crippen LogP contribution in [0.4, 0.5) is 0 Å².